The molecule has 20 nitrogen and oxygen atoms in total. The van der Waals surface area contributed by atoms with E-state index in [1.165, 1.54) is 45.4 Å². The first-order chi connectivity index (χ1) is 27.2. The first kappa shape index (κ1) is 44.4. The van der Waals surface area contributed by atoms with Crippen molar-refractivity contribution in [2.75, 3.05) is 34.0 Å². The van der Waals surface area contributed by atoms with Crippen LogP contribution < -0.4 is 9.47 Å². The summed E-state index contributed by atoms with van der Waals surface area (Å²) >= 11 is 0. The van der Waals surface area contributed by atoms with Gasteiger partial charge < -0.3 is 93.7 Å². The smallest absolute Gasteiger partial charge is 0.331 e. The molecule has 5 rings (SSSR count). The number of aromatic hydroxyl groups is 2. The zero-order valence-electron chi connectivity index (χ0n) is 31.2. The highest BCUT2D eigenvalue weighted by atomic mass is 16.8. The van der Waals surface area contributed by atoms with Gasteiger partial charge in [0.05, 0.1) is 40.1 Å². The molecule has 10 N–H and O–H groups in total. The number of phenols is 2. The molecule has 0 aliphatic carbocycles. The number of hydrogen-bond donors (Lipinski definition) is 10. The molecule has 0 amide bonds. The van der Waals surface area contributed by atoms with Crippen LogP contribution in [-0.2, 0) is 44.4 Å². The zero-order valence-corrected chi connectivity index (χ0v) is 31.2. The SMILES string of the molecule is COc1ccc(C=CC(=O)OC2C(COC3OC(CO)C(O)C(O)C3O)OC(OCCc3ccc(O)c(O)c3)C(O)C2OC2OC(C)C(O)C(O)C2O)cc1OC. The Labute approximate surface area is 326 Å². The lowest BCUT2D eigenvalue weighted by Gasteiger charge is -2.47. The second-order valence-electron chi connectivity index (χ2n) is 13.6. The Kier molecular flexibility index (Phi) is 15.4. The van der Waals surface area contributed by atoms with Crippen molar-refractivity contribution in [3.63, 3.8) is 0 Å². The molecular formula is C37H50O20. The van der Waals surface area contributed by atoms with Crippen LogP contribution in [0.5, 0.6) is 23.0 Å². The third-order valence-electron chi connectivity index (χ3n) is 9.77. The summed E-state index contributed by atoms with van der Waals surface area (Å²) in [5.74, 6) is -0.914. The fraction of sp³-hybridized carbons (Fsp3) is 0.595. The number of methoxy groups -OCH3 is 2. The molecular weight excluding hydrogens is 764 g/mol. The number of aliphatic hydroxyl groups excluding tert-OH is 8. The molecule has 15 atom stereocenters. The predicted molar refractivity (Wildman–Crippen MR) is 190 cm³/mol. The Bertz CT molecular complexity index is 1640. The summed E-state index contributed by atoms with van der Waals surface area (Å²) in [4.78, 5) is 13.5. The molecule has 3 fully saturated rings. The second kappa shape index (κ2) is 19.8. The maximum absolute atomic E-state index is 13.5. The van der Waals surface area contributed by atoms with Crippen LogP contribution in [0.2, 0.25) is 0 Å². The highest BCUT2D eigenvalue weighted by Crippen LogP contribution is 2.33. The summed E-state index contributed by atoms with van der Waals surface area (Å²) in [6.45, 7) is -0.167. The first-order valence-electron chi connectivity index (χ1n) is 18.0. The third-order valence-corrected chi connectivity index (χ3v) is 9.77. The fourth-order valence-corrected chi connectivity index (χ4v) is 6.45. The molecule has 57 heavy (non-hydrogen) atoms. The van der Waals surface area contributed by atoms with Crippen LogP contribution in [-0.4, -0.2) is 183 Å². The van der Waals surface area contributed by atoms with Gasteiger partial charge in [-0.25, -0.2) is 4.79 Å². The molecule has 0 radical (unpaired) electrons. The number of benzene rings is 2. The van der Waals surface area contributed by atoms with Crippen LogP contribution in [0.1, 0.15) is 18.1 Å². The largest absolute Gasteiger partial charge is 0.504 e. The lowest BCUT2D eigenvalue weighted by atomic mass is 9.96. The summed E-state index contributed by atoms with van der Waals surface area (Å²) in [7, 11) is 2.89. The summed E-state index contributed by atoms with van der Waals surface area (Å²) in [5, 5.41) is 104. The molecule has 2 aromatic carbocycles. The van der Waals surface area contributed by atoms with Gasteiger partial charge >= 0.3 is 5.97 Å². The van der Waals surface area contributed by atoms with Gasteiger partial charge in [0.1, 0.15) is 61.0 Å². The van der Waals surface area contributed by atoms with Gasteiger partial charge in [-0.1, -0.05) is 12.1 Å². The van der Waals surface area contributed by atoms with Gasteiger partial charge in [-0.2, -0.15) is 0 Å². The second-order valence-corrected chi connectivity index (χ2v) is 13.6. The molecule has 318 valence electrons. The molecule has 0 saturated carbocycles. The quantitative estimate of drug-likeness (QED) is 0.0501. The van der Waals surface area contributed by atoms with Crippen molar-refractivity contribution in [2.45, 2.75) is 105 Å². The van der Waals surface area contributed by atoms with Crippen molar-refractivity contribution in [3.05, 3.63) is 53.6 Å². The van der Waals surface area contributed by atoms with Crippen molar-refractivity contribution in [1.29, 1.82) is 0 Å². The van der Waals surface area contributed by atoms with E-state index in [2.05, 4.69) is 0 Å². The Hall–Kier alpha value is -3.71. The number of ether oxygens (including phenoxy) is 9. The average molecular weight is 815 g/mol. The van der Waals surface area contributed by atoms with Crippen LogP contribution >= 0.6 is 0 Å². The van der Waals surface area contributed by atoms with Gasteiger partial charge in [-0.05, 0) is 54.8 Å². The number of aliphatic hydroxyl groups is 8. The van der Waals surface area contributed by atoms with Gasteiger partial charge in [0.15, 0.2) is 48.0 Å². The topological polar surface area (TPSA) is 302 Å². The van der Waals surface area contributed by atoms with E-state index in [1.54, 1.807) is 18.2 Å². The van der Waals surface area contributed by atoms with Crippen molar-refractivity contribution in [3.8, 4) is 23.0 Å². The summed E-state index contributed by atoms with van der Waals surface area (Å²) in [6, 6.07) is 8.92. The van der Waals surface area contributed by atoms with Crippen molar-refractivity contribution < 1.29 is 98.5 Å². The molecule has 3 aliphatic rings. The Morgan fingerprint density at radius 2 is 1.37 bits per heavy atom. The lowest BCUT2D eigenvalue weighted by molar-refractivity contribution is -0.364. The highest BCUT2D eigenvalue weighted by Gasteiger charge is 2.53. The van der Waals surface area contributed by atoms with E-state index in [4.69, 9.17) is 42.6 Å². The van der Waals surface area contributed by atoms with E-state index in [0.717, 1.165) is 6.08 Å². The Morgan fingerprint density at radius 3 is 2.05 bits per heavy atom. The fourth-order valence-electron chi connectivity index (χ4n) is 6.45. The Balaban J connectivity index is 1.44. The molecule has 0 aromatic heterocycles. The molecule has 15 unspecified atom stereocenters. The summed E-state index contributed by atoms with van der Waals surface area (Å²) in [5.41, 5.74) is 1.02. The molecule has 0 spiro atoms. The van der Waals surface area contributed by atoms with Gasteiger partial charge in [0, 0.05) is 6.08 Å². The van der Waals surface area contributed by atoms with Gasteiger partial charge in [-0.15, -0.1) is 0 Å². The van der Waals surface area contributed by atoms with Crippen molar-refractivity contribution >= 4 is 12.0 Å². The molecule has 2 aromatic rings. The van der Waals surface area contributed by atoms with Gasteiger partial charge in [0.25, 0.3) is 0 Å². The maximum Gasteiger partial charge on any atom is 0.331 e. The number of carbonyl (C=O) groups is 1. The molecule has 0 bridgehead atoms. The van der Waals surface area contributed by atoms with E-state index < -0.39 is 111 Å². The lowest BCUT2D eigenvalue weighted by Crippen LogP contribution is -2.65. The van der Waals surface area contributed by atoms with E-state index >= 15 is 0 Å². The average Bonchev–Trinajstić information content (AvgIpc) is 3.20. The van der Waals surface area contributed by atoms with Gasteiger partial charge in [0.2, 0.25) is 0 Å². The Morgan fingerprint density at radius 1 is 0.702 bits per heavy atom. The van der Waals surface area contributed by atoms with Crippen LogP contribution in [0.15, 0.2) is 42.5 Å². The van der Waals surface area contributed by atoms with Crippen LogP contribution in [0, 0.1) is 0 Å². The summed E-state index contributed by atoms with van der Waals surface area (Å²) < 4.78 is 51.1. The molecule has 20 heteroatoms. The van der Waals surface area contributed by atoms with E-state index in [-0.39, 0.29) is 24.5 Å². The molecule has 3 heterocycles. The van der Waals surface area contributed by atoms with Crippen LogP contribution in [0.25, 0.3) is 6.08 Å². The van der Waals surface area contributed by atoms with Crippen LogP contribution in [0.3, 0.4) is 0 Å². The van der Waals surface area contributed by atoms with Crippen molar-refractivity contribution in [2.24, 2.45) is 0 Å². The zero-order chi connectivity index (χ0) is 41.6. The molecule has 3 saturated heterocycles. The standard InChI is InChI=1S/C37H50O20/c1-16-26(42)28(44)31(47)37(53-16)57-34-32(48)36(51-11-10-18-4-7-19(39)20(40)12-18)55-24(15-52-35-30(46)29(45)27(43)23(14-38)54-35)33(34)56-25(41)9-6-17-5-8-21(49-2)22(13-17)50-3/h4-9,12-13,16,23-24,26-40,42-48H,10-11,14-15H2,1-3H3. The monoisotopic (exact) mass is 814 g/mol. The molecule has 3 aliphatic heterocycles. The highest BCUT2D eigenvalue weighted by molar-refractivity contribution is 5.87. The minimum atomic E-state index is -1.86. The number of hydrogen-bond acceptors (Lipinski definition) is 20. The third kappa shape index (κ3) is 10.5. The first-order valence-corrected chi connectivity index (χ1v) is 18.0. The minimum absolute atomic E-state index is 0.128. The summed E-state index contributed by atoms with van der Waals surface area (Å²) in [6.07, 6.45) is -21.9. The van der Waals surface area contributed by atoms with Gasteiger partial charge in [-0.3, -0.25) is 0 Å². The number of carbonyl (C=O) groups excluding carboxylic acids is 1. The van der Waals surface area contributed by atoms with E-state index in [9.17, 15) is 55.9 Å². The van der Waals surface area contributed by atoms with Crippen molar-refractivity contribution in [1.82, 2.24) is 0 Å². The number of esters is 1. The van der Waals surface area contributed by atoms with Crippen LogP contribution in [0.4, 0.5) is 0 Å². The predicted octanol–water partition coefficient (Wildman–Crippen LogP) is -2.59. The maximum atomic E-state index is 13.5. The van der Waals surface area contributed by atoms with E-state index in [1.807, 2.05) is 0 Å². The van der Waals surface area contributed by atoms with E-state index in [0.29, 0.717) is 22.6 Å². The minimum Gasteiger partial charge on any atom is -0.504 e. The number of phenolic OH excluding ortho intramolecular Hbond substituents is 2. The normalized spacial score (nSPS) is 35.9. The number of rotatable bonds is 15.